The summed E-state index contributed by atoms with van der Waals surface area (Å²) in [7, 11) is 0. The van der Waals surface area contributed by atoms with Crippen molar-refractivity contribution >= 4 is 0 Å². The van der Waals surface area contributed by atoms with Crippen molar-refractivity contribution in [2.75, 3.05) is 13.2 Å². The predicted molar refractivity (Wildman–Crippen MR) is 50.2 cm³/mol. The van der Waals surface area contributed by atoms with Gasteiger partial charge in [0.1, 0.15) is 6.10 Å². The van der Waals surface area contributed by atoms with Crippen LogP contribution in [0.3, 0.4) is 0 Å². The third kappa shape index (κ3) is 1.86. The van der Waals surface area contributed by atoms with E-state index in [9.17, 15) is 5.11 Å². The monoisotopic (exact) mass is 195 g/mol. The smallest absolute Gasteiger partial charge is 0.216 e. The van der Waals surface area contributed by atoms with E-state index in [2.05, 4.69) is 4.98 Å². The van der Waals surface area contributed by atoms with Gasteiger partial charge in [-0.15, -0.1) is 0 Å². The Morgan fingerprint density at radius 1 is 1.57 bits per heavy atom. The fourth-order valence-electron chi connectivity index (χ4n) is 1.37. The fourth-order valence-corrected chi connectivity index (χ4v) is 1.37. The summed E-state index contributed by atoms with van der Waals surface area (Å²) in [5.74, 6) is 0.571. The van der Waals surface area contributed by atoms with Crippen LogP contribution in [-0.4, -0.2) is 35.5 Å². The normalized spacial score (nSPS) is 26.4. The van der Waals surface area contributed by atoms with E-state index in [1.807, 2.05) is 19.1 Å². The van der Waals surface area contributed by atoms with Gasteiger partial charge in [-0.1, -0.05) is 6.07 Å². The fraction of sp³-hybridized carbons (Fsp3) is 0.500. The van der Waals surface area contributed by atoms with E-state index < -0.39 is 6.10 Å². The van der Waals surface area contributed by atoms with Gasteiger partial charge >= 0.3 is 0 Å². The van der Waals surface area contributed by atoms with Crippen LogP contribution in [0.25, 0.3) is 0 Å². The van der Waals surface area contributed by atoms with Gasteiger partial charge in [-0.3, -0.25) is 0 Å². The zero-order chi connectivity index (χ0) is 9.97. The van der Waals surface area contributed by atoms with Gasteiger partial charge in [-0.05, 0) is 13.0 Å². The van der Waals surface area contributed by atoms with Crippen LogP contribution in [0, 0.1) is 6.92 Å². The molecule has 0 spiro atoms. The van der Waals surface area contributed by atoms with Crippen LogP contribution in [0.2, 0.25) is 0 Å². The maximum atomic E-state index is 9.46. The van der Waals surface area contributed by atoms with E-state index in [4.69, 9.17) is 9.47 Å². The number of hydrogen-bond donors (Lipinski definition) is 1. The van der Waals surface area contributed by atoms with E-state index in [1.165, 1.54) is 0 Å². The summed E-state index contributed by atoms with van der Waals surface area (Å²) in [5, 5.41) is 9.46. The van der Waals surface area contributed by atoms with Gasteiger partial charge in [-0.2, -0.15) is 0 Å². The number of hydrogen-bond acceptors (Lipinski definition) is 4. The lowest BCUT2D eigenvalue weighted by Gasteiger charge is -2.15. The van der Waals surface area contributed by atoms with Crippen molar-refractivity contribution in [2.45, 2.75) is 19.1 Å². The minimum atomic E-state index is -0.545. The van der Waals surface area contributed by atoms with Crippen molar-refractivity contribution in [1.29, 1.82) is 0 Å². The molecule has 1 N–H and O–H groups in total. The Balaban J connectivity index is 2.07. The van der Waals surface area contributed by atoms with Gasteiger partial charge in [0.05, 0.1) is 13.2 Å². The van der Waals surface area contributed by atoms with Gasteiger partial charge in [-0.25, -0.2) is 4.98 Å². The summed E-state index contributed by atoms with van der Waals surface area (Å²) in [6, 6.07) is 3.77. The Morgan fingerprint density at radius 3 is 3.07 bits per heavy atom. The molecule has 4 heteroatoms. The number of aryl methyl sites for hydroxylation is 1. The number of pyridine rings is 1. The molecule has 0 amide bonds. The van der Waals surface area contributed by atoms with Gasteiger partial charge in [0, 0.05) is 11.8 Å². The average Bonchev–Trinajstić information content (AvgIpc) is 2.56. The molecule has 1 saturated heterocycles. The van der Waals surface area contributed by atoms with Crippen molar-refractivity contribution in [2.24, 2.45) is 0 Å². The van der Waals surface area contributed by atoms with Crippen molar-refractivity contribution in [3.8, 4) is 5.88 Å². The Bertz CT molecular complexity index is 316. The van der Waals surface area contributed by atoms with Crippen LogP contribution in [-0.2, 0) is 4.74 Å². The van der Waals surface area contributed by atoms with Crippen LogP contribution in [0.4, 0.5) is 0 Å². The first-order valence-electron chi connectivity index (χ1n) is 4.61. The van der Waals surface area contributed by atoms with Gasteiger partial charge in [0.2, 0.25) is 5.88 Å². The zero-order valence-corrected chi connectivity index (χ0v) is 8.01. The molecular weight excluding hydrogens is 182 g/mol. The van der Waals surface area contributed by atoms with Gasteiger partial charge in [0.15, 0.2) is 6.10 Å². The van der Waals surface area contributed by atoms with Gasteiger partial charge in [0.25, 0.3) is 0 Å². The summed E-state index contributed by atoms with van der Waals surface area (Å²) in [6.45, 7) is 2.69. The summed E-state index contributed by atoms with van der Waals surface area (Å²) in [5.41, 5.74) is 0.964. The van der Waals surface area contributed by atoms with E-state index in [-0.39, 0.29) is 6.10 Å². The third-order valence-electron chi connectivity index (χ3n) is 2.22. The van der Waals surface area contributed by atoms with E-state index in [1.54, 1.807) is 6.20 Å². The second-order valence-corrected chi connectivity index (χ2v) is 3.39. The molecule has 2 heterocycles. The molecular formula is C10H13NO3. The van der Waals surface area contributed by atoms with E-state index >= 15 is 0 Å². The number of aromatic nitrogens is 1. The molecule has 0 radical (unpaired) electrons. The summed E-state index contributed by atoms with van der Waals surface area (Å²) >= 11 is 0. The van der Waals surface area contributed by atoms with Crippen molar-refractivity contribution in [3.63, 3.8) is 0 Å². The molecule has 0 aliphatic carbocycles. The van der Waals surface area contributed by atoms with Crippen molar-refractivity contribution in [1.82, 2.24) is 4.98 Å². The highest BCUT2D eigenvalue weighted by molar-refractivity contribution is 5.23. The number of nitrogens with zero attached hydrogens (tertiary/aromatic N) is 1. The number of rotatable bonds is 2. The average molecular weight is 195 g/mol. The summed E-state index contributed by atoms with van der Waals surface area (Å²) in [6.07, 6.45) is 0.838. The second-order valence-electron chi connectivity index (χ2n) is 3.39. The molecule has 1 aliphatic heterocycles. The predicted octanol–water partition coefficient (Wildman–Crippen LogP) is 0.529. The maximum Gasteiger partial charge on any atom is 0.216 e. The number of ether oxygens (including phenoxy) is 2. The van der Waals surface area contributed by atoms with Crippen LogP contribution in [0.15, 0.2) is 18.3 Å². The van der Waals surface area contributed by atoms with Crippen LogP contribution < -0.4 is 4.74 Å². The Morgan fingerprint density at radius 2 is 2.43 bits per heavy atom. The molecule has 1 aromatic rings. The lowest BCUT2D eigenvalue weighted by atomic mass is 10.2. The van der Waals surface area contributed by atoms with Gasteiger partial charge < -0.3 is 14.6 Å². The minimum Gasteiger partial charge on any atom is -0.469 e. The van der Waals surface area contributed by atoms with Crippen LogP contribution >= 0.6 is 0 Å². The molecule has 14 heavy (non-hydrogen) atoms. The highest BCUT2D eigenvalue weighted by Gasteiger charge is 2.28. The highest BCUT2D eigenvalue weighted by atomic mass is 16.6. The SMILES string of the molecule is Cc1cccnc1O[C@@H]1COC[C@H]1O. The van der Waals surface area contributed by atoms with Crippen LogP contribution in [0.1, 0.15) is 5.56 Å². The molecule has 2 rings (SSSR count). The summed E-state index contributed by atoms with van der Waals surface area (Å²) < 4.78 is 10.6. The lowest BCUT2D eigenvalue weighted by molar-refractivity contribution is 0.0699. The Kier molecular flexibility index (Phi) is 2.65. The summed E-state index contributed by atoms with van der Waals surface area (Å²) in [4.78, 5) is 4.09. The zero-order valence-electron chi connectivity index (χ0n) is 8.01. The first-order valence-corrected chi connectivity index (χ1v) is 4.61. The number of aliphatic hydroxyl groups is 1. The molecule has 0 unspecified atom stereocenters. The quantitative estimate of drug-likeness (QED) is 0.747. The molecule has 1 fully saturated rings. The molecule has 0 aromatic carbocycles. The molecule has 0 saturated carbocycles. The Labute approximate surface area is 82.5 Å². The van der Waals surface area contributed by atoms with E-state index in [0.717, 1.165) is 5.56 Å². The molecule has 2 atom stereocenters. The first kappa shape index (κ1) is 9.43. The molecule has 0 bridgehead atoms. The first-order chi connectivity index (χ1) is 6.77. The van der Waals surface area contributed by atoms with E-state index in [0.29, 0.717) is 19.1 Å². The van der Waals surface area contributed by atoms with Crippen molar-refractivity contribution in [3.05, 3.63) is 23.9 Å². The molecule has 4 nitrogen and oxygen atoms in total. The topological polar surface area (TPSA) is 51.6 Å². The maximum absolute atomic E-state index is 9.46. The highest BCUT2D eigenvalue weighted by Crippen LogP contribution is 2.18. The minimum absolute atomic E-state index is 0.288. The lowest BCUT2D eigenvalue weighted by Crippen LogP contribution is -2.30. The third-order valence-corrected chi connectivity index (χ3v) is 2.22. The second kappa shape index (κ2) is 3.94. The standard InChI is InChI=1S/C10H13NO3/c1-7-3-2-4-11-10(7)14-9-6-13-5-8(9)12/h2-4,8-9,12H,5-6H2,1H3/t8-,9-/m1/s1. The molecule has 1 aromatic heterocycles. The molecule has 1 aliphatic rings. The largest absolute Gasteiger partial charge is 0.469 e. The van der Waals surface area contributed by atoms with Crippen LogP contribution in [0.5, 0.6) is 5.88 Å². The molecule has 76 valence electrons. The number of aliphatic hydroxyl groups excluding tert-OH is 1. The van der Waals surface area contributed by atoms with Crippen molar-refractivity contribution < 1.29 is 14.6 Å². The Hall–Kier alpha value is -1.13.